The van der Waals surface area contributed by atoms with Crippen molar-refractivity contribution < 1.29 is 27.4 Å². The van der Waals surface area contributed by atoms with E-state index in [1.165, 1.54) is 12.1 Å². The van der Waals surface area contributed by atoms with Gasteiger partial charge in [-0.1, -0.05) is 6.07 Å². The Labute approximate surface area is 151 Å². The lowest BCUT2D eigenvalue weighted by Crippen LogP contribution is -2.04. The summed E-state index contributed by atoms with van der Waals surface area (Å²) in [5.74, 6) is -0.226. The number of aromatic amines is 1. The molecule has 0 fully saturated rings. The molecule has 1 aliphatic carbocycles. The smallest absolute Gasteiger partial charge is 0.419 e. The predicted molar refractivity (Wildman–Crippen MR) is 89.1 cm³/mol. The van der Waals surface area contributed by atoms with Crippen LogP contribution in [0.2, 0.25) is 0 Å². The largest absolute Gasteiger partial charge is 0.492 e. The molecule has 1 heterocycles. The monoisotopic (exact) mass is 377 g/mol. The number of nitrogens with one attached hydrogen (secondary N) is 1. The average Bonchev–Trinajstić information content (AvgIpc) is 3.16. The maximum absolute atomic E-state index is 12.6. The van der Waals surface area contributed by atoms with E-state index in [2.05, 4.69) is 4.98 Å². The Morgan fingerprint density at radius 3 is 2.44 bits per heavy atom. The zero-order valence-corrected chi connectivity index (χ0v) is 13.8. The number of fused-ring (bicyclic) bond motifs is 1. The standard InChI is InChI=1S/C19H14F3NO4/c20-19(21,22)11-2-4-12(5-3-11)26-13-6-8-14-10(9-13)1-7-15(14)16-17(24)23-18(25)27-16/h2-6,8-9,15,24H,1,7H2,(H,23,25)/t15-/m1/s1. The number of rotatable bonds is 3. The van der Waals surface area contributed by atoms with Gasteiger partial charge in [-0.25, -0.2) is 4.79 Å². The first kappa shape index (κ1) is 17.3. The van der Waals surface area contributed by atoms with Gasteiger partial charge in [0.1, 0.15) is 11.5 Å². The number of halogens is 3. The van der Waals surface area contributed by atoms with Gasteiger partial charge >= 0.3 is 11.9 Å². The van der Waals surface area contributed by atoms with E-state index in [1.807, 2.05) is 0 Å². The van der Waals surface area contributed by atoms with Crippen LogP contribution in [0.3, 0.4) is 0 Å². The van der Waals surface area contributed by atoms with Crippen molar-refractivity contribution in [3.63, 3.8) is 0 Å². The summed E-state index contributed by atoms with van der Waals surface area (Å²) in [6.45, 7) is 0. The minimum absolute atomic E-state index is 0.204. The van der Waals surface area contributed by atoms with Gasteiger partial charge in [-0.15, -0.1) is 0 Å². The van der Waals surface area contributed by atoms with Crippen LogP contribution in [0.15, 0.2) is 51.7 Å². The fourth-order valence-electron chi connectivity index (χ4n) is 3.35. The Hall–Kier alpha value is -3.16. The fourth-order valence-corrected chi connectivity index (χ4v) is 3.35. The summed E-state index contributed by atoms with van der Waals surface area (Å²) >= 11 is 0. The molecule has 3 aromatic rings. The van der Waals surface area contributed by atoms with Gasteiger partial charge in [0.2, 0.25) is 5.88 Å². The van der Waals surface area contributed by atoms with Crippen LogP contribution in [0.4, 0.5) is 13.2 Å². The van der Waals surface area contributed by atoms with Crippen molar-refractivity contribution in [2.45, 2.75) is 24.9 Å². The molecule has 27 heavy (non-hydrogen) atoms. The van der Waals surface area contributed by atoms with Gasteiger partial charge in [-0.05, 0) is 60.4 Å². The van der Waals surface area contributed by atoms with Gasteiger partial charge in [0.05, 0.1) is 5.56 Å². The molecule has 0 saturated carbocycles. The zero-order chi connectivity index (χ0) is 19.2. The summed E-state index contributed by atoms with van der Waals surface area (Å²) in [5.41, 5.74) is 1.14. The molecule has 1 atom stereocenters. The molecule has 0 bridgehead atoms. The summed E-state index contributed by atoms with van der Waals surface area (Å²) in [7, 11) is 0. The molecule has 5 nitrogen and oxygen atoms in total. The third kappa shape index (κ3) is 3.30. The lowest BCUT2D eigenvalue weighted by Gasteiger charge is -2.11. The van der Waals surface area contributed by atoms with E-state index in [4.69, 9.17) is 9.15 Å². The zero-order valence-electron chi connectivity index (χ0n) is 13.8. The number of H-pyrrole nitrogens is 1. The number of alkyl halides is 3. The molecule has 1 aromatic heterocycles. The van der Waals surface area contributed by atoms with Gasteiger partial charge in [0, 0.05) is 5.92 Å². The normalized spacial score (nSPS) is 16.3. The Balaban J connectivity index is 1.56. The number of oxazole rings is 1. The lowest BCUT2D eigenvalue weighted by molar-refractivity contribution is -0.137. The third-order valence-electron chi connectivity index (χ3n) is 4.58. The van der Waals surface area contributed by atoms with E-state index < -0.39 is 17.5 Å². The van der Waals surface area contributed by atoms with E-state index >= 15 is 0 Å². The van der Waals surface area contributed by atoms with Crippen molar-refractivity contribution in [2.24, 2.45) is 0 Å². The summed E-state index contributed by atoms with van der Waals surface area (Å²) in [4.78, 5) is 13.5. The molecule has 140 valence electrons. The highest BCUT2D eigenvalue weighted by Crippen LogP contribution is 2.42. The van der Waals surface area contributed by atoms with Crippen LogP contribution in [-0.4, -0.2) is 10.1 Å². The van der Waals surface area contributed by atoms with Gasteiger partial charge in [0.25, 0.3) is 0 Å². The summed E-state index contributed by atoms with van der Waals surface area (Å²) in [6, 6.07) is 9.77. The lowest BCUT2D eigenvalue weighted by atomic mass is 9.99. The Bertz CT molecular complexity index is 1030. The first-order valence-electron chi connectivity index (χ1n) is 8.21. The van der Waals surface area contributed by atoms with E-state index in [0.717, 1.165) is 23.3 Å². The minimum Gasteiger partial charge on any atom is -0.492 e. The Morgan fingerprint density at radius 2 is 1.81 bits per heavy atom. The van der Waals surface area contributed by atoms with E-state index in [9.17, 15) is 23.1 Å². The van der Waals surface area contributed by atoms with Crippen molar-refractivity contribution in [3.05, 3.63) is 75.5 Å². The molecular formula is C19H14F3NO4. The van der Waals surface area contributed by atoms with Crippen molar-refractivity contribution in [3.8, 4) is 17.4 Å². The SMILES string of the molecule is O=c1[nH]c(O)c([C@@H]2CCc3cc(Oc4ccc(C(F)(F)F)cc4)ccc32)o1. The maximum atomic E-state index is 12.6. The fraction of sp³-hybridized carbons (Fsp3) is 0.211. The first-order chi connectivity index (χ1) is 12.8. The quantitative estimate of drug-likeness (QED) is 0.702. The molecule has 2 aromatic carbocycles. The van der Waals surface area contributed by atoms with Crippen LogP contribution in [-0.2, 0) is 12.6 Å². The minimum atomic E-state index is -4.39. The summed E-state index contributed by atoms with van der Waals surface area (Å²) in [5, 5.41) is 9.79. The van der Waals surface area contributed by atoms with Gasteiger partial charge < -0.3 is 14.3 Å². The summed E-state index contributed by atoms with van der Waals surface area (Å²) < 4.78 is 48.5. The van der Waals surface area contributed by atoms with Gasteiger partial charge in [-0.3, -0.25) is 4.98 Å². The first-order valence-corrected chi connectivity index (χ1v) is 8.21. The van der Waals surface area contributed by atoms with Gasteiger partial charge in [-0.2, -0.15) is 13.2 Å². The second-order valence-corrected chi connectivity index (χ2v) is 6.30. The van der Waals surface area contributed by atoms with Crippen molar-refractivity contribution in [2.75, 3.05) is 0 Å². The molecule has 2 N–H and O–H groups in total. The van der Waals surface area contributed by atoms with Crippen molar-refractivity contribution in [1.82, 2.24) is 4.98 Å². The van der Waals surface area contributed by atoms with E-state index in [0.29, 0.717) is 24.3 Å². The van der Waals surface area contributed by atoms with E-state index in [-0.39, 0.29) is 17.6 Å². The third-order valence-corrected chi connectivity index (χ3v) is 4.58. The molecule has 4 rings (SSSR count). The average molecular weight is 377 g/mol. The Morgan fingerprint density at radius 1 is 1.11 bits per heavy atom. The number of benzene rings is 2. The molecule has 8 heteroatoms. The van der Waals surface area contributed by atoms with Crippen molar-refractivity contribution >= 4 is 0 Å². The maximum Gasteiger partial charge on any atom is 0.419 e. The highest BCUT2D eigenvalue weighted by atomic mass is 19.4. The predicted octanol–water partition coefficient (Wildman–Crippen LogP) is 4.56. The number of aryl methyl sites for hydroxylation is 1. The molecular weight excluding hydrogens is 363 g/mol. The van der Waals surface area contributed by atoms with Gasteiger partial charge in [0.15, 0.2) is 5.76 Å². The number of ether oxygens (including phenoxy) is 1. The molecule has 0 radical (unpaired) electrons. The van der Waals surface area contributed by atoms with Crippen LogP contribution in [0.25, 0.3) is 0 Å². The van der Waals surface area contributed by atoms with Crippen LogP contribution in [0.5, 0.6) is 17.4 Å². The van der Waals surface area contributed by atoms with Crippen molar-refractivity contribution in [1.29, 1.82) is 0 Å². The molecule has 0 saturated heterocycles. The molecule has 0 aliphatic heterocycles. The van der Waals surface area contributed by atoms with Crippen LogP contribution in [0.1, 0.15) is 34.8 Å². The second kappa shape index (κ2) is 6.22. The number of aromatic hydroxyl groups is 1. The second-order valence-electron chi connectivity index (χ2n) is 6.30. The van der Waals surface area contributed by atoms with Crippen LogP contribution >= 0.6 is 0 Å². The molecule has 0 amide bonds. The topological polar surface area (TPSA) is 75.5 Å². The number of aromatic nitrogens is 1. The molecule has 0 unspecified atom stereocenters. The van der Waals surface area contributed by atoms with E-state index in [1.54, 1.807) is 18.2 Å². The highest BCUT2D eigenvalue weighted by Gasteiger charge is 2.31. The van der Waals surface area contributed by atoms with Crippen LogP contribution in [0, 0.1) is 0 Å². The highest BCUT2D eigenvalue weighted by molar-refractivity contribution is 5.46. The Kier molecular flexibility index (Phi) is 3.98. The summed E-state index contributed by atoms with van der Waals surface area (Å²) in [6.07, 6.45) is -3.04. The van der Waals surface area contributed by atoms with Crippen LogP contribution < -0.4 is 10.5 Å². The molecule has 0 spiro atoms. The number of hydrogen-bond acceptors (Lipinski definition) is 4. The molecule has 1 aliphatic rings. The number of hydrogen-bond donors (Lipinski definition) is 2.